The van der Waals surface area contributed by atoms with Crippen LogP contribution in [0.1, 0.15) is 12.0 Å². The molecule has 0 aliphatic carbocycles. The summed E-state index contributed by atoms with van der Waals surface area (Å²) in [5.41, 5.74) is 1.04. The molecule has 0 aliphatic heterocycles. The summed E-state index contributed by atoms with van der Waals surface area (Å²) in [6, 6.07) is 9.40. The van der Waals surface area contributed by atoms with Gasteiger partial charge in [0.1, 0.15) is 16.5 Å². The minimum absolute atomic E-state index is 0.132. The number of benzene rings is 2. The van der Waals surface area contributed by atoms with E-state index in [9.17, 15) is 14.3 Å². The molecule has 0 spiro atoms. The van der Waals surface area contributed by atoms with E-state index < -0.39 is 0 Å². The van der Waals surface area contributed by atoms with Crippen LogP contribution in [-0.2, 0) is 6.42 Å². The third-order valence-electron chi connectivity index (χ3n) is 3.73. The highest BCUT2D eigenvalue weighted by atomic mass is 35.5. The number of fused-ring (bicyclic) bond motifs is 1. The Bertz CT molecular complexity index is 973. The van der Waals surface area contributed by atoms with Crippen LogP contribution in [0.15, 0.2) is 46.1 Å². The van der Waals surface area contributed by atoms with Crippen LogP contribution in [0.2, 0.25) is 10.0 Å². The number of H-pyrrole nitrogens is 1. The third kappa shape index (κ3) is 4.11. The van der Waals surface area contributed by atoms with Gasteiger partial charge in [-0.25, -0.2) is 4.39 Å². The van der Waals surface area contributed by atoms with Crippen molar-refractivity contribution < 1.29 is 9.50 Å². The normalized spacial score (nSPS) is 11.2. The highest BCUT2D eigenvalue weighted by Crippen LogP contribution is 2.37. The zero-order valence-corrected chi connectivity index (χ0v) is 15.3. The minimum Gasteiger partial charge on any atom is -0.506 e. The monoisotopic (exact) mass is 397 g/mol. The van der Waals surface area contributed by atoms with Crippen LogP contribution in [0.4, 0.5) is 4.39 Å². The van der Waals surface area contributed by atoms with Crippen molar-refractivity contribution in [1.29, 1.82) is 0 Å². The topological polar surface area (TPSA) is 53.1 Å². The Morgan fingerprint density at radius 3 is 2.60 bits per heavy atom. The molecule has 2 N–H and O–H groups in total. The van der Waals surface area contributed by atoms with Gasteiger partial charge in [-0.15, -0.1) is 11.8 Å². The number of halogens is 3. The predicted molar refractivity (Wildman–Crippen MR) is 102 cm³/mol. The lowest BCUT2D eigenvalue weighted by Crippen LogP contribution is -2.09. The average molecular weight is 398 g/mol. The van der Waals surface area contributed by atoms with Crippen LogP contribution in [0.5, 0.6) is 5.75 Å². The Morgan fingerprint density at radius 2 is 1.88 bits per heavy atom. The van der Waals surface area contributed by atoms with Gasteiger partial charge in [0.25, 0.3) is 5.56 Å². The first-order valence-corrected chi connectivity index (χ1v) is 9.31. The third-order valence-corrected chi connectivity index (χ3v) is 5.41. The number of thioether (sulfide) groups is 1. The number of aromatic hydroxyl groups is 1. The van der Waals surface area contributed by atoms with Crippen LogP contribution >= 0.6 is 35.0 Å². The van der Waals surface area contributed by atoms with Gasteiger partial charge in [0.15, 0.2) is 0 Å². The maximum Gasteiger partial charge on any atom is 0.265 e. The van der Waals surface area contributed by atoms with Crippen LogP contribution in [0.25, 0.3) is 10.9 Å². The van der Waals surface area contributed by atoms with Gasteiger partial charge in [0.05, 0.1) is 15.9 Å². The molecule has 0 unspecified atom stereocenters. The number of rotatable bonds is 5. The molecule has 3 nitrogen and oxygen atoms in total. The second-order valence-corrected chi connectivity index (χ2v) is 7.47. The van der Waals surface area contributed by atoms with Crippen molar-refractivity contribution in [2.75, 3.05) is 5.75 Å². The zero-order valence-electron chi connectivity index (χ0n) is 13.0. The summed E-state index contributed by atoms with van der Waals surface area (Å²) < 4.78 is 12.9. The van der Waals surface area contributed by atoms with Crippen molar-refractivity contribution in [2.45, 2.75) is 17.7 Å². The number of hydrogen-bond donors (Lipinski definition) is 2. The van der Waals surface area contributed by atoms with E-state index in [1.165, 1.54) is 30.0 Å². The smallest absolute Gasteiger partial charge is 0.265 e. The van der Waals surface area contributed by atoms with Gasteiger partial charge >= 0.3 is 0 Å². The number of aromatic nitrogens is 1. The molecule has 25 heavy (non-hydrogen) atoms. The second-order valence-electron chi connectivity index (χ2n) is 5.52. The molecule has 0 amide bonds. The summed E-state index contributed by atoms with van der Waals surface area (Å²) in [6.45, 7) is 0. The van der Waals surface area contributed by atoms with Crippen molar-refractivity contribution in [3.63, 3.8) is 0 Å². The maximum absolute atomic E-state index is 12.9. The van der Waals surface area contributed by atoms with Crippen molar-refractivity contribution in [3.05, 3.63) is 68.2 Å². The van der Waals surface area contributed by atoms with E-state index in [4.69, 9.17) is 23.2 Å². The van der Waals surface area contributed by atoms with Gasteiger partial charge in [-0.3, -0.25) is 4.79 Å². The summed E-state index contributed by atoms with van der Waals surface area (Å²) in [4.78, 5) is 15.1. The predicted octanol–water partition coefficient (Wildman–Crippen LogP) is 5.40. The Labute approximate surface area is 157 Å². The van der Waals surface area contributed by atoms with E-state index in [1.54, 1.807) is 18.2 Å². The zero-order chi connectivity index (χ0) is 18.0. The van der Waals surface area contributed by atoms with Gasteiger partial charge in [0, 0.05) is 5.02 Å². The number of aryl methyl sites for hydroxylation is 1. The van der Waals surface area contributed by atoms with Crippen molar-refractivity contribution in [2.24, 2.45) is 0 Å². The van der Waals surface area contributed by atoms with Crippen LogP contribution < -0.4 is 5.56 Å². The lowest BCUT2D eigenvalue weighted by atomic mass is 10.1. The van der Waals surface area contributed by atoms with E-state index in [0.717, 1.165) is 18.4 Å². The van der Waals surface area contributed by atoms with Gasteiger partial charge in [-0.1, -0.05) is 35.3 Å². The molecule has 3 aromatic rings. The number of hydrogen-bond acceptors (Lipinski definition) is 3. The Kier molecular flexibility index (Phi) is 5.57. The van der Waals surface area contributed by atoms with Crippen LogP contribution in [0.3, 0.4) is 0 Å². The fraction of sp³-hybridized carbons (Fsp3) is 0.167. The SMILES string of the molecule is O=c1[nH]c2cc(Cl)cc(Cl)c2c(O)c1SCCCc1ccc(F)cc1. The summed E-state index contributed by atoms with van der Waals surface area (Å²) in [7, 11) is 0. The molecule has 0 fully saturated rings. The number of nitrogens with one attached hydrogen (secondary N) is 1. The van der Waals surface area contributed by atoms with E-state index in [2.05, 4.69) is 4.98 Å². The lowest BCUT2D eigenvalue weighted by Gasteiger charge is -2.09. The van der Waals surface area contributed by atoms with E-state index in [1.807, 2.05) is 0 Å². The fourth-order valence-corrected chi connectivity index (χ4v) is 4.05. The van der Waals surface area contributed by atoms with Crippen LogP contribution in [0, 0.1) is 5.82 Å². The van der Waals surface area contributed by atoms with Crippen molar-refractivity contribution in [3.8, 4) is 5.75 Å². The molecule has 1 heterocycles. The van der Waals surface area contributed by atoms with Crippen molar-refractivity contribution in [1.82, 2.24) is 4.98 Å². The maximum atomic E-state index is 12.9. The summed E-state index contributed by atoms with van der Waals surface area (Å²) in [5, 5.41) is 11.5. The molecular formula is C18H14Cl2FNO2S. The highest BCUT2D eigenvalue weighted by Gasteiger charge is 2.15. The molecule has 7 heteroatoms. The fourth-order valence-electron chi connectivity index (χ4n) is 2.55. The summed E-state index contributed by atoms with van der Waals surface area (Å²) >= 11 is 13.3. The lowest BCUT2D eigenvalue weighted by molar-refractivity contribution is 0.467. The molecule has 0 aliphatic rings. The molecule has 0 radical (unpaired) electrons. The second kappa shape index (κ2) is 7.68. The molecule has 0 atom stereocenters. The van der Waals surface area contributed by atoms with Gasteiger partial charge in [-0.05, 0) is 48.4 Å². The number of pyridine rings is 1. The van der Waals surface area contributed by atoms with Crippen molar-refractivity contribution >= 4 is 45.9 Å². The summed E-state index contributed by atoms with van der Waals surface area (Å²) in [5.74, 6) is 0.236. The molecule has 0 saturated heterocycles. The average Bonchev–Trinajstić information content (AvgIpc) is 2.54. The number of aromatic amines is 1. The Balaban J connectivity index is 1.75. The van der Waals surface area contributed by atoms with E-state index >= 15 is 0 Å². The van der Waals surface area contributed by atoms with Crippen LogP contribution in [-0.4, -0.2) is 15.8 Å². The van der Waals surface area contributed by atoms with Gasteiger partial charge < -0.3 is 10.1 Å². The molecule has 1 aromatic heterocycles. The molecular weight excluding hydrogens is 384 g/mol. The largest absolute Gasteiger partial charge is 0.506 e. The quantitative estimate of drug-likeness (QED) is 0.447. The molecule has 2 aromatic carbocycles. The molecule has 3 rings (SSSR count). The Morgan fingerprint density at radius 1 is 1.16 bits per heavy atom. The van der Waals surface area contributed by atoms with Gasteiger partial charge in [-0.2, -0.15) is 0 Å². The first kappa shape index (κ1) is 18.1. The van der Waals surface area contributed by atoms with E-state index in [0.29, 0.717) is 21.7 Å². The summed E-state index contributed by atoms with van der Waals surface area (Å²) in [6.07, 6.45) is 1.54. The molecule has 0 saturated carbocycles. The minimum atomic E-state index is -0.380. The highest BCUT2D eigenvalue weighted by molar-refractivity contribution is 7.99. The van der Waals surface area contributed by atoms with E-state index in [-0.39, 0.29) is 27.0 Å². The molecule has 0 bridgehead atoms. The van der Waals surface area contributed by atoms with Gasteiger partial charge in [0.2, 0.25) is 0 Å². The standard InChI is InChI=1S/C18H14Cl2FNO2S/c19-11-8-13(20)15-14(9-11)22-18(24)17(16(15)23)25-7-1-2-10-3-5-12(21)6-4-10/h3-6,8-9H,1-2,7H2,(H2,22,23,24). The first-order chi connectivity index (χ1) is 12.0. The Hall–Kier alpha value is -1.69. The first-order valence-electron chi connectivity index (χ1n) is 7.57. The molecule has 130 valence electrons.